The Balaban J connectivity index is 1.92. The third-order valence-corrected chi connectivity index (χ3v) is 4.12. The summed E-state index contributed by atoms with van der Waals surface area (Å²) in [6.07, 6.45) is 0. The number of benzene rings is 1. The second-order valence-corrected chi connectivity index (χ2v) is 6.20. The lowest BCUT2D eigenvalue weighted by Gasteiger charge is -2.11. The van der Waals surface area contributed by atoms with E-state index in [1.165, 1.54) is 11.3 Å². The van der Waals surface area contributed by atoms with Crippen molar-refractivity contribution < 1.29 is 9.59 Å². The molecule has 2 amide bonds. The van der Waals surface area contributed by atoms with Crippen molar-refractivity contribution in [3.05, 3.63) is 51.2 Å². The Kier molecular flexibility index (Phi) is 4.75. The summed E-state index contributed by atoms with van der Waals surface area (Å²) in [5, 5.41) is 5.47. The number of carbonyl (C=O) groups excluding carboxylic acids is 2. The Labute approximate surface area is 128 Å². The molecule has 1 aromatic carbocycles. The largest absolute Gasteiger partial charge is 0.342 e. The summed E-state index contributed by atoms with van der Waals surface area (Å²) >= 11 is 1.41. The molecule has 0 saturated heterocycles. The molecular weight excluding hydrogens is 284 g/mol. The monoisotopic (exact) mass is 302 g/mol. The molecule has 4 nitrogen and oxygen atoms in total. The van der Waals surface area contributed by atoms with Crippen LogP contribution in [0.3, 0.4) is 0 Å². The van der Waals surface area contributed by atoms with Gasteiger partial charge in [-0.2, -0.15) is 0 Å². The van der Waals surface area contributed by atoms with Gasteiger partial charge in [-0.05, 0) is 44.0 Å². The molecule has 0 aliphatic rings. The second-order valence-electron chi connectivity index (χ2n) is 4.91. The smallest absolute Gasteiger partial charge is 0.261 e. The molecule has 0 saturated carbocycles. The van der Waals surface area contributed by atoms with Gasteiger partial charge in [0.1, 0.15) is 0 Å². The molecule has 0 fully saturated rings. The average Bonchev–Trinajstić information content (AvgIpc) is 2.87. The first kappa shape index (κ1) is 15.3. The van der Waals surface area contributed by atoms with Crippen molar-refractivity contribution >= 4 is 28.8 Å². The number of para-hydroxylation sites is 1. The minimum absolute atomic E-state index is 0.0381. The van der Waals surface area contributed by atoms with E-state index in [-0.39, 0.29) is 18.4 Å². The van der Waals surface area contributed by atoms with Crippen LogP contribution in [-0.2, 0) is 4.79 Å². The standard InChI is InChI=1S/C16H18N2O2S/c1-10-5-4-6-11(2)15(10)18-14(19)9-17-16(20)13-8-7-12(3)21-13/h4-8H,9H2,1-3H3,(H,17,20)(H,18,19). The van der Waals surface area contributed by atoms with Gasteiger partial charge >= 0.3 is 0 Å². The van der Waals surface area contributed by atoms with Gasteiger partial charge in [0, 0.05) is 10.6 Å². The fourth-order valence-corrected chi connectivity index (χ4v) is 2.78. The van der Waals surface area contributed by atoms with Crippen LogP contribution in [0, 0.1) is 20.8 Å². The summed E-state index contributed by atoms with van der Waals surface area (Å²) in [6, 6.07) is 9.47. The number of rotatable bonds is 4. The number of amides is 2. The Morgan fingerprint density at radius 3 is 2.29 bits per heavy atom. The molecule has 2 aromatic rings. The van der Waals surface area contributed by atoms with E-state index in [1.54, 1.807) is 6.07 Å². The predicted molar refractivity (Wildman–Crippen MR) is 85.9 cm³/mol. The Morgan fingerprint density at radius 1 is 1.05 bits per heavy atom. The SMILES string of the molecule is Cc1ccc(C(=O)NCC(=O)Nc2c(C)cccc2C)s1. The van der Waals surface area contributed by atoms with Gasteiger partial charge in [-0.25, -0.2) is 0 Å². The molecule has 2 N–H and O–H groups in total. The number of anilines is 1. The number of aryl methyl sites for hydroxylation is 3. The van der Waals surface area contributed by atoms with Crippen LogP contribution in [0.5, 0.6) is 0 Å². The van der Waals surface area contributed by atoms with Crippen molar-refractivity contribution in [2.24, 2.45) is 0 Å². The molecule has 1 heterocycles. The fraction of sp³-hybridized carbons (Fsp3) is 0.250. The summed E-state index contributed by atoms with van der Waals surface area (Å²) in [5.41, 5.74) is 2.82. The van der Waals surface area contributed by atoms with Crippen LogP contribution in [0.4, 0.5) is 5.69 Å². The van der Waals surface area contributed by atoms with Gasteiger partial charge in [-0.15, -0.1) is 11.3 Å². The minimum Gasteiger partial charge on any atom is -0.342 e. The van der Waals surface area contributed by atoms with Crippen LogP contribution in [0.15, 0.2) is 30.3 Å². The molecule has 0 atom stereocenters. The van der Waals surface area contributed by atoms with Crippen LogP contribution in [0.25, 0.3) is 0 Å². The zero-order chi connectivity index (χ0) is 15.4. The van der Waals surface area contributed by atoms with Gasteiger partial charge in [0.05, 0.1) is 11.4 Å². The first-order valence-electron chi connectivity index (χ1n) is 6.68. The number of nitrogens with one attached hydrogen (secondary N) is 2. The highest BCUT2D eigenvalue weighted by Crippen LogP contribution is 2.19. The third kappa shape index (κ3) is 3.92. The van der Waals surface area contributed by atoms with Gasteiger partial charge < -0.3 is 10.6 Å². The van der Waals surface area contributed by atoms with Crippen molar-refractivity contribution in [2.45, 2.75) is 20.8 Å². The van der Waals surface area contributed by atoms with E-state index >= 15 is 0 Å². The highest BCUT2D eigenvalue weighted by Gasteiger charge is 2.11. The maximum Gasteiger partial charge on any atom is 0.261 e. The summed E-state index contributed by atoms with van der Waals surface area (Å²) in [6.45, 7) is 5.78. The van der Waals surface area contributed by atoms with E-state index < -0.39 is 0 Å². The zero-order valence-corrected chi connectivity index (χ0v) is 13.1. The van der Waals surface area contributed by atoms with E-state index in [1.807, 2.05) is 45.0 Å². The summed E-state index contributed by atoms with van der Waals surface area (Å²) in [4.78, 5) is 25.5. The topological polar surface area (TPSA) is 58.2 Å². The molecule has 5 heteroatoms. The number of hydrogen-bond acceptors (Lipinski definition) is 3. The van der Waals surface area contributed by atoms with Crippen molar-refractivity contribution in [1.82, 2.24) is 5.32 Å². The molecular formula is C16H18N2O2S. The van der Waals surface area contributed by atoms with Gasteiger partial charge in [0.15, 0.2) is 0 Å². The highest BCUT2D eigenvalue weighted by molar-refractivity contribution is 7.13. The average molecular weight is 302 g/mol. The maximum absolute atomic E-state index is 11.9. The van der Waals surface area contributed by atoms with Crippen LogP contribution >= 0.6 is 11.3 Å². The second kappa shape index (κ2) is 6.54. The molecule has 0 aliphatic heterocycles. The van der Waals surface area contributed by atoms with Crippen molar-refractivity contribution in [3.63, 3.8) is 0 Å². The first-order valence-corrected chi connectivity index (χ1v) is 7.49. The summed E-state index contributed by atoms with van der Waals surface area (Å²) < 4.78 is 0. The lowest BCUT2D eigenvalue weighted by Crippen LogP contribution is -2.32. The Hall–Kier alpha value is -2.14. The minimum atomic E-state index is -0.228. The van der Waals surface area contributed by atoms with Crippen LogP contribution < -0.4 is 10.6 Å². The molecule has 2 rings (SSSR count). The van der Waals surface area contributed by atoms with Crippen LogP contribution in [0.1, 0.15) is 25.7 Å². The number of thiophene rings is 1. The molecule has 0 radical (unpaired) electrons. The van der Waals surface area contributed by atoms with Crippen molar-refractivity contribution in [2.75, 3.05) is 11.9 Å². The first-order chi connectivity index (χ1) is 9.97. The maximum atomic E-state index is 11.9. The van der Waals surface area contributed by atoms with E-state index in [2.05, 4.69) is 10.6 Å². The molecule has 1 aromatic heterocycles. The Morgan fingerprint density at radius 2 is 1.71 bits per heavy atom. The summed E-state index contributed by atoms with van der Waals surface area (Å²) in [5.74, 6) is -0.446. The fourth-order valence-electron chi connectivity index (χ4n) is 2.00. The van der Waals surface area contributed by atoms with Gasteiger partial charge in [-0.3, -0.25) is 9.59 Å². The zero-order valence-electron chi connectivity index (χ0n) is 12.3. The summed E-state index contributed by atoms with van der Waals surface area (Å²) in [7, 11) is 0. The molecule has 0 bridgehead atoms. The lowest BCUT2D eigenvalue weighted by molar-refractivity contribution is -0.115. The van der Waals surface area contributed by atoms with E-state index in [0.29, 0.717) is 4.88 Å². The molecule has 0 unspecified atom stereocenters. The molecule has 21 heavy (non-hydrogen) atoms. The van der Waals surface area contributed by atoms with E-state index in [0.717, 1.165) is 21.7 Å². The Bertz CT molecular complexity index is 656. The lowest BCUT2D eigenvalue weighted by atomic mass is 10.1. The quantitative estimate of drug-likeness (QED) is 0.912. The molecule has 110 valence electrons. The van der Waals surface area contributed by atoms with Crippen LogP contribution in [0.2, 0.25) is 0 Å². The molecule has 0 aliphatic carbocycles. The normalized spacial score (nSPS) is 10.2. The van der Waals surface area contributed by atoms with Gasteiger partial charge in [0.25, 0.3) is 5.91 Å². The van der Waals surface area contributed by atoms with Gasteiger partial charge in [0.2, 0.25) is 5.91 Å². The number of carbonyl (C=O) groups is 2. The predicted octanol–water partition coefficient (Wildman–Crippen LogP) is 3.04. The highest BCUT2D eigenvalue weighted by atomic mass is 32.1. The van der Waals surface area contributed by atoms with Crippen LogP contribution in [-0.4, -0.2) is 18.4 Å². The van der Waals surface area contributed by atoms with E-state index in [4.69, 9.17) is 0 Å². The number of hydrogen-bond donors (Lipinski definition) is 2. The van der Waals surface area contributed by atoms with Gasteiger partial charge in [-0.1, -0.05) is 18.2 Å². The van der Waals surface area contributed by atoms with Crippen molar-refractivity contribution in [1.29, 1.82) is 0 Å². The van der Waals surface area contributed by atoms with Crippen molar-refractivity contribution in [3.8, 4) is 0 Å². The van der Waals surface area contributed by atoms with E-state index in [9.17, 15) is 9.59 Å². The molecule has 0 spiro atoms. The third-order valence-electron chi connectivity index (χ3n) is 3.12.